The number of aromatic nitrogens is 3. The smallest absolute Gasteiger partial charge is 0.365 e. The maximum Gasteiger partial charge on any atom is 0.433 e. The fraction of sp³-hybridized carbons (Fsp3) is 0.300. The molecule has 1 aliphatic heterocycles. The molecule has 28 heavy (non-hydrogen) atoms. The molecule has 0 atom stereocenters. The van der Waals surface area contributed by atoms with Crippen LogP contribution in [0.5, 0.6) is 0 Å². The highest BCUT2D eigenvalue weighted by atomic mass is 19.4. The van der Waals surface area contributed by atoms with Crippen LogP contribution in [-0.4, -0.2) is 21.5 Å². The van der Waals surface area contributed by atoms with E-state index in [1.807, 2.05) is 11.0 Å². The number of anilines is 1. The van der Waals surface area contributed by atoms with Crippen molar-refractivity contribution in [1.82, 2.24) is 15.0 Å². The number of aryl methyl sites for hydroxylation is 1. The average molecular weight is 390 g/mol. The van der Waals surface area contributed by atoms with Crippen LogP contribution < -0.4 is 4.90 Å². The summed E-state index contributed by atoms with van der Waals surface area (Å²) in [6.45, 7) is 4.56. The van der Waals surface area contributed by atoms with Crippen molar-refractivity contribution in [3.05, 3.63) is 64.6 Å². The minimum Gasteiger partial charge on any atom is -0.365 e. The Hall–Kier alpha value is -2.90. The number of nitrogens with zero attached hydrogens (tertiary/aromatic N) is 3. The van der Waals surface area contributed by atoms with Gasteiger partial charge in [-0.15, -0.1) is 0 Å². The van der Waals surface area contributed by atoms with Gasteiger partial charge in [-0.1, -0.05) is 0 Å². The van der Waals surface area contributed by atoms with Crippen molar-refractivity contribution in [2.45, 2.75) is 33.0 Å². The summed E-state index contributed by atoms with van der Waals surface area (Å²) in [6.07, 6.45) is 0.348. The van der Waals surface area contributed by atoms with Gasteiger partial charge in [0.1, 0.15) is 11.5 Å². The van der Waals surface area contributed by atoms with Crippen LogP contribution in [0.25, 0.3) is 11.3 Å². The molecule has 1 N–H and O–H groups in total. The lowest BCUT2D eigenvalue weighted by Crippen LogP contribution is -2.30. The third-order valence-corrected chi connectivity index (χ3v) is 5.14. The minimum absolute atomic E-state index is 0.363. The predicted octanol–water partition coefficient (Wildman–Crippen LogP) is 4.81. The molecule has 3 aromatic heterocycles. The Morgan fingerprint density at radius 1 is 1.11 bits per heavy atom. The fourth-order valence-corrected chi connectivity index (χ4v) is 3.59. The van der Waals surface area contributed by atoms with Gasteiger partial charge in [-0.3, -0.25) is 4.98 Å². The topological polar surface area (TPSA) is 44.8 Å². The fourth-order valence-electron chi connectivity index (χ4n) is 3.59. The van der Waals surface area contributed by atoms with Gasteiger partial charge >= 0.3 is 6.18 Å². The zero-order chi connectivity index (χ0) is 20.1. The zero-order valence-electron chi connectivity index (χ0n) is 15.4. The van der Waals surface area contributed by atoms with Crippen molar-refractivity contribution in [2.24, 2.45) is 0 Å². The highest BCUT2D eigenvalue weighted by Gasteiger charge is 2.33. The van der Waals surface area contributed by atoms with Crippen molar-refractivity contribution in [2.75, 3.05) is 11.4 Å². The van der Waals surface area contributed by atoms with Crippen LogP contribution in [-0.2, 0) is 19.1 Å². The number of alkyl halides is 3. The van der Waals surface area contributed by atoms with Crippen molar-refractivity contribution >= 4 is 5.69 Å². The van der Waals surface area contributed by atoms with Crippen molar-refractivity contribution in [3.63, 3.8) is 0 Å². The van der Waals surface area contributed by atoms with Crippen LogP contribution in [0, 0.1) is 19.7 Å². The Morgan fingerprint density at radius 3 is 2.61 bits per heavy atom. The van der Waals surface area contributed by atoms with Crippen LogP contribution in [0.4, 0.5) is 23.2 Å². The van der Waals surface area contributed by atoms with Gasteiger partial charge in [0.2, 0.25) is 0 Å². The summed E-state index contributed by atoms with van der Waals surface area (Å²) in [7, 11) is 0. The second kappa shape index (κ2) is 6.61. The number of H-pyrrole nitrogens is 1. The van der Waals surface area contributed by atoms with Crippen molar-refractivity contribution < 1.29 is 17.6 Å². The summed E-state index contributed by atoms with van der Waals surface area (Å²) in [5.74, 6) is -0.363. The lowest BCUT2D eigenvalue weighted by molar-refractivity contribution is -0.141. The van der Waals surface area contributed by atoms with Crippen LogP contribution in [0.1, 0.15) is 28.1 Å². The molecule has 0 spiro atoms. The summed E-state index contributed by atoms with van der Waals surface area (Å²) >= 11 is 0. The standard InChI is InChI=1S/C20H18F4N4/c1-11-5-19(20(22,23)24)26-9-18(11)28-4-3-16-13(10-28)6-17(27-16)14-7-25-8-15(21)12(14)2/h5-9,27H,3-4,10H2,1-2H3. The molecule has 3 aromatic rings. The number of rotatable bonds is 2. The molecule has 0 saturated carbocycles. The van der Waals surface area contributed by atoms with E-state index in [0.29, 0.717) is 41.9 Å². The summed E-state index contributed by atoms with van der Waals surface area (Å²) in [5.41, 5.74) is 4.43. The molecule has 0 aromatic carbocycles. The monoisotopic (exact) mass is 390 g/mol. The molecule has 4 heterocycles. The minimum atomic E-state index is -4.45. The maximum atomic E-state index is 13.8. The summed E-state index contributed by atoms with van der Waals surface area (Å²) in [4.78, 5) is 12.9. The molecule has 8 heteroatoms. The van der Waals surface area contributed by atoms with Gasteiger partial charge in [0, 0.05) is 42.7 Å². The number of aromatic amines is 1. The molecule has 0 unspecified atom stereocenters. The SMILES string of the molecule is Cc1cc(C(F)(F)F)ncc1N1CCc2[nH]c(-c3cncc(F)c3C)cc2C1. The molecule has 1 aliphatic rings. The van der Waals surface area contributed by atoms with Crippen molar-refractivity contribution in [1.29, 1.82) is 0 Å². The quantitative estimate of drug-likeness (QED) is 0.639. The summed E-state index contributed by atoms with van der Waals surface area (Å²) < 4.78 is 52.4. The van der Waals surface area contributed by atoms with E-state index < -0.39 is 11.9 Å². The van der Waals surface area contributed by atoms with E-state index in [-0.39, 0.29) is 5.82 Å². The van der Waals surface area contributed by atoms with Crippen LogP contribution in [0.2, 0.25) is 0 Å². The van der Waals surface area contributed by atoms with E-state index in [0.717, 1.165) is 23.0 Å². The van der Waals surface area contributed by atoms with Gasteiger partial charge in [-0.2, -0.15) is 13.2 Å². The van der Waals surface area contributed by atoms with Gasteiger partial charge in [0.05, 0.1) is 18.1 Å². The summed E-state index contributed by atoms with van der Waals surface area (Å²) in [5, 5.41) is 0. The highest BCUT2D eigenvalue weighted by molar-refractivity contribution is 5.65. The van der Waals surface area contributed by atoms with Crippen LogP contribution >= 0.6 is 0 Å². The number of hydrogen-bond donors (Lipinski definition) is 1. The third kappa shape index (κ3) is 3.23. The van der Waals surface area contributed by atoms with E-state index >= 15 is 0 Å². The first-order valence-electron chi connectivity index (χ1n) is 8.84. The van der Waals surface area contributed by atoms with Crippen LogP contribution in [0.3, 0.4) is 0 Å². The molecule has 0 fully saturated rings. The molecular formula is C20H18F4N4. The normalized spacial score (nSPS) is 14.3. The lowest BCUT2D eigenvalue weighted by atomic mass is 10.0. The zero-order valence-corrected chi connectivity index (χ0v) is 15.4. The van der Waals surface area contributed by atoms with Gasteiger partial charge in [-0.25, -0.2) is 9.37 Å². The Morgan fingerprint density at radius 2 is 1.89 bits per heavy atom. The number of nitrogens with one attached hydrogen (secondary N) is 1. The third-order valence-electron chi connectivity index (χ3n) is 5.14. The van der Waals surface area contributed by atoms with Gasteiger partial charge in [0.15, 0.2) is 0 Å². The second-order valence-electron chi connectivity index (χ2n) is 7.01. The van der Waals surface area contributed by atoms with E-state index in [1.54, 1.807) is 20.0 Å². The Balaban J connectivity index is 1.62. The molecule has 4 nitrogen and oxygen atoms in total. The first-order chi connectivity index (χ1) is 13.2. The Labute approximate surface area is 159 Å². The van der Waals surface area contributed by atoms with E-state index in [1.165, 1.54) is 12.4 Å². The van der Waals surface area contributed by atoms with Gasteiger partial charge in [-0.05, 0) is 42.7 Å². The van der Waals surface area contributed by atoms with E-state index in [9.17, 15) is 17.6 Å². The summed E-state index contributed by atoms with van der Waals surface area (Å²) in [6, 6.07) is 3.03. The Bertz CT molecular complexity index is 1040. The van der Waals surface area contributed by atoms with E-state index in [2.05, 4.69) is 15.0 Å². The highest BCUT2D eigenvalue weighted by Crippen LogP contribution is 2.34. The van der Waals surface area contributed by atoms with Gasteiger partial charge in [0.25, 0.3) is 0 Å². The molecule has 146 valence electrons. The van der Waals surface area contributed by atoms with Crippen molar-refractivity contribution in [3.8, 4) is 11.3 Å². The largest absolute Gasteiger partial charge is 0.433 e. The maximum absolute atomic E-state index is 13.8. The first-order valence-corrected chi connectivity index (χ1v) is 8.84. The number of hydrogen-bond acceptors (Lipinski definition) is 3. The molecule has 4 rings (SSSR count). The second-order valence-corrected chi connectivity index (χ2v) is 7.01. The molecule has 0 aliphatic carbocycles. The molecule has 0 amide bonds. The Kier molecular flexibility index (Phi) is 4.36. The van der Waals surface area contributed by atoms with Gasteiger partial charge < -0.3 is 9.88 Å². The number of pyridine rings is 2. The lowest BCUT2D eigenvalue weighted by Gasteiger charge is -2.30. The molecular weight excluding hydrogens is 372 g/mol. The number of halogens is 4. The molecule has 0 radical (unpaired) electrons. The molecule has 0 bridgehead atoms. The molecule has 0 saturated heterocycles. The predicted molar refractivity (Wildman–Crippen MR) is 97.4 cm³/mol. The van der Waals surface area contributed by atoms with Crippen LogP contribution in [0.15, 0.2) is 30.7 Å². The average Bonchev–Trinajstić information content (AvgIpc) is 3.06. The first kappa shape index (κ1) is 18.5. The number of fused-ring (bicyclic) bond motifs is 1. The van der Waals surface area contributed by atoms with E-state index in [4.69, 9.17) is 0 Å².